The van der Waals surface area contributed by atoms with Crippen LogP contribution in [0.3, 0.4) is 0 Å². The Morgan fingerprint density at radius 3 is 2.31 bits per heavy atom. The average molecular weight is 395 g/mol. The van der Waals surface area contributed by atoms with Gasteiger partial charge < -0.3 is 5.32 Å². The van der Waals surface area contributed by atoms with Crippen LogP contribution in [0.25, 0.3) is 0 Å². The number of unbranched alkanes of at least 4 members (excludes halogenated alkanes) is 2. The summed E-state index contributed by atoms with van der Waals surface area (Å²) in [6.07, 6.45) is 2.94. The number of hydrogen-bond donors (Lipinski definition) is 1. The number of rotatable bonds is 9. The molecule has 0 heterocycles. The minimum atomic E-state index is -3.87. The van der Waals surface area contributed by atoms with Crippen LogP contribution in [0.2, 0.25) is 5.02 Å². The van der Waals surface area contributed by atoms with Crippen molar-refractivity contribution in [1.82, 2.24) is 5.32 Å². The van der Waals surface area contributed by atoms with E-state index >= 15 is 0 Å². The molecule has 26 heavy (non-hydrogen) atoms. The molecule has 0 saturated carbocycles. The molecule has 5 nitrogen and oxygen atoms in total. The highest BCUT2D eigenvalue weighted by molar-refractivity contribution is 7.92. The van der Waals surface area contributed by atoms with Crippen LogP contribution >= 0.6 is 11.6 Å². The van der Waals surface area contributed by atoms with Gasteiger partial charge in [-0.05, 0) is 42.8 Å². The van der Waals surface area contributed by atoms with Crippen molar-refractivity contribution in [2.24, 2.45) is 0 Å². The average Bonchev–Trinajstić information content (AvgIpc) is 2.65. The first-order chi connectivity index (χ1) is 12.4. The number of nitrogens with zero attached hydrogens (tertiary/aromatic N) is 1. The van der Waals surface area contributed by atoms with Crippen LogP contribution in [0.15, 0.2) is 59.5 Å². The SMILES string of the molecule is CCCCCNC(=O)CN(c1ccc(Cl)cc1)S(=O)(=O)c1ccccc1. The fraction of sp³-hybridized carbons (Fsp3) is 0.316. The second kappa shape index (κ2) is 9.59. The summed E-state index contributed by atoms with van der Waals surface area (Å²) in [5.74, 6) is -0.337. The second-order valence-corrected chi connectivity index (χ2v) is 8.16. The predicted octanol–water partition coefficient (Wildman–Crippen LogP) is 3.84. The van der Waals surface area contributed by atoms with E-state index in [1.165, 1.54) is 12.1 Å². The molecule has 0 unspecified atom stereocenters. The van der Waals surface area contributed by atoms with Crippen molar-refractivity contribution in [2.75, 3.05) is 17.4 Å². The van der Waals surface area contributed by atoms with Gasteiger partial charge in [0.15, 0.2) is 0 Å². The van der Waals surface area contributed by atoms with E-state index in [-0.39, 0.29) is 17.3 Å². The van der Waals surface area contributed by atoms with E-state index in [9.17, 15) is 13.2 Å². The van der Waals surface area contributed by atoms with Crippen molar-refractivity contribution >= 4 is 33.2 Å². The Kier molecular flexibility index (Phi) is 7.48. The summed E-state index contributed by atoms with van der Waals surface area (Å²) in [6, 6.07) is 14.4. The van der Waals surface area contributed by atoms with Crippen LogP contribution in [0.1, 0.15) is 26.2 Å². The van der Waals surface area contributed by atoms with E-state index in [1.54, 1.807) is 42.5 Å². The summed E-state index contributed by atoms with van der Waals surface area (Å²) in [5, 5.41) is 3.28. The van der Waals surface area contributed by atoms with E-state index < -0.39 is 10.0 Å². The molecule has 0 aromatic heterocycles. The lowest BCUT2D eigenvalue weighted by Crippen LogP contribution is -2.41. The molecule has 0 fully saturated rings. The second-order valence-electron chi connectivity index (χ2n) is 5.86. The van der Waals surface area contributed by atoms with Crippen molar-refractivity contribution < 1.29 is 13.2 Å². The van der Waals surface area contributed by atoms with Gasteiger partial charge in [0, 0.05) is 11.6 Å². The van der Waals surface area contributed by atoms with Gasteiger partial charge in [0.2, 0.25) is 5.91 Å². The van der Waals surface area contributed by atoms with Crippen LogP contribution in [-0.2, 0) is 14.8 Å². The lowest BCUT2D eigenvalue weighted by Gasteiger charge is -2.24. The number of sulfonamides is 1. The number of halogens is 1. The Labute approximate surface area is 160 Å². The molecule has 1 amide bonds. The van der Waals surface area contributed by atoms with Crippen LogP contribution < -0.4 is 9.62 Å². The molecule has 0 aliphatic rings. The summed E-state index contributed by atoms with van der Waals surface area (Å²) in [5.41, 5.74) is 0.391. The van der Waals surface area contributed by atoms with Crippen molar-refractivity contribution in [3.63, 3.8) is 0 Å². The lowest BCUT2D eigenvalue weighted by molar-refractivity contribution is -0.119. The van der Waals surface area contributed by atoms with E-state index in [4.69, 9.17) is 11.6 Å². The molecule has 0 bridgehead atoms. The highest BCUT2D eigenvalue weighted by Crippen LogP contribution is 2.24. The molecule has 0 spiro atoms. The Balaban J connectivity index is 2.25. The van der Waals surface area contributed by atoms with Gasteiger partial charge in [-0.25, -0.2) is 8.42 Å². The molecule has 2 aromatic carbocycles. The normalized spacial score (nSPS) is 11.2. The summed E-state index contributed by atoms with van der Waals surface area (Å²) in [7, 11) is -3.87. The number of amides is 1. The smallest absolute Gasteiger partial charge is 0.264 e. The Morgan fingerprint density at radius 1 is 1.04 bits per heavy atom. The standard InChI is InChI=1S/C19H23ClN2O3S/c1-2-3-7-14-21-19(23)15-22(17-12-10-16(20)11-13-17)26(24,25)18-8-5-4-6-9-18/h4-6,8-13H,2-3,7,14-15H2,1H3,(H,21,23). The highest BCUT2D eigenvalue weighted by Gasteiger charge is 2.26. The van der Waals surface area contributed by atoms with Crippen LogP contribution in [-0.4, -0.2) is 27.4 Å². The molecule has 7 heteroatoms. The van der Waals surface area contributed by atoms with E-state index in [2.05, 4.69) is 12.2 Å². The zero-order valence-electron chi connectivity index (χ0n) is 14.7. The molecular formula is C19H23ClN2O3S. The summed E-state index contributed by atoms with van der Waals surface area (Å²) >= 11 is 5.90. The van der Waals surface area contributed by atoms with Gasteiger partial charge in [-0.3, -0.25) is 9.10 Å². The molecule has 2 aromatic rings. The minimum absolute atomic E-state index is 0.133. The number of nitrogens with one attached hydrogen (secondary N) is 1. The summed E-state index contributed by atoms with van der Waals surface area (Å²) in [4.78, 5) is 12.4. The third-order valence-electron chi connectivity index (χ3n) is 3.84. The Bertz CT molecular complexity index is 808. The number of hydrogen-bond acceptors (Lipinski definition) is 3. The number of anilines is 1. The van der Waals surface area contributed by atoms with E-state index in [0.29, 0.717) is 17.3 Å². The third-order valence-corrected chi connectivity index (χ3v) is 5.88. The van der Waals surface area contributed by atoms with Gasteiger partial charge in [-0.1, -0.05) is 49.6 Å². The first-order valence-electron chi connectivity index (χ1n) is 8.55. The van der Waals surface area contributed by atoms with Crippen LogP contribution in [0, 0.1) is 0 Å². The van der Waals surface area contributed by atoms with Crippen molar-refractivity contribution in [1.29, 1.82) is 0 Å². The number of carbonyl (C=O) groups excluding carboxylic acids is 1. The van der Waals surface area contributed by atoms with Gasteiger partial charge in [-0.15, -0.1) is 0 Å². The topological polar surface area (TPSA) is 66.5 Å². The van der Waals surface area contributed by atoms with E-state index in [1.807, 2.05) is 0 Å². The van der Waals surface area contributed by atoms with Gasteiger partial charge >= 0.3 is 0 Å². The fourth-order valence-electron chi connectivity index (χ4n) is 2.43. The van der Waals surface area contributed by atoms with Gasteiger partial charge in [0.05, 0.1) is 10.6 Å². The minimum Gasteiger partial charge on any atom is -0.355 e. The molecule has 0 aliphatic heterocycles. The zero-order chi connectivity index (χ0) is 19.0. The van der Waals surface area contributed by atoms with Gasteiger partial charge in [0.25, 0.3) is 10.0 Å². The molecule has 0 aliphatic carbocycles. The maximum Gasteiger partial charge on any atom is 0.264 e. The molecule has 0 saturated heterocycles. The third kappa shape index (κ3) is 5.47. The number of benzene rings is 2. The quantitative estimate of drug-likeness (QED) is 0.657. The molecule has 140 valence electrons. The van der Waals surface area contributed by atoms with Gasteiger partial charge in [0.1, 0.15) is 6.54 Å². The molecule has 1 N–H and O–H groups in total. The molecule has 0 atom stereocenters. The predicted molar refractivity (Wildman–Crippen MR) is 105 cm³/mol. The highest BCUT2D eigenvalue weighted by atomic mass is 35.5. The molecular weight excluding hydrogens is 372 g/mol. The zero-order valence-corrected chi connectivity index (χ0v) is 16.3. The Morgan fingerprint density at radius 2 is 1.69 bits per heavy atom. The van der Waals surface area contributed by atoms with Crippen molar-refractivity contribution in [2.45, 2.75) is 31.1 Å². The maximum absolute atomic E-state index is 13.0. The van der Waals surface area contributed by atoms with Crippen LogP contribution in [0.4, 0.5) is 5.69 Å². The molecule has 2 rings (SSSR count). The Hall–Kier alpha value is -2.05. The summed E-state index contributed by atoms with van der Waals surface area (Å²) in [6.45, 7) is 2.33. The first-order valence-corrected chi connectivity index (χ1v) is 10.4. The number of carbonyl (C=O) groups is 1. The maximum atomic E-state index is 13.0. The van der Waals surface area contributed by atoms with E-state index in [0.717, 1.165) is 23.6 Å². The monoisotopic (exact) mass is 394 g/mol. The largest absolute Gasteiger partial charge is 0.355 e. The summed E-state index contributed by atoms with van der Waals surface area (Å²) < 4.78 is 27.2. The first kappa shape index (κ1) is 20.3. The van der Waals surface area contributed by atoms with Crippen LogP contribution in [0.5, 0.6) is 0 Å². The van der Waals surface area contributed by atoms with Crippen molar-refractivity contribution in [3.05, 3.63) is 59.6 Å². The van der Waals surface area contributed by atoms with Crippen molar-refractivity contribution in [3.8, 4) is 0 Å². The lowest BCUT2D eigenvalue weighted by atomic mass is 10.2. The molecule has 0 radical (unpaired) electrons. The fourth-order valence-corrected chi connectivity index (χ4v) is 4.00. The van der Waals surface area contributed by atoms with Gasteiger partial charge in [-0.2, -0.15) is 0 Å².